The van der Waals surface area contributed by atoms with Gasteiger partial charge in [0.05, 0.1) is 18.1 Å². The minimum atomic E-state index is -0.780. The smallest absolute Gasteiger partial charge is 0.305 e. The molecule has 1 atom stereocenters. The van der Waals surface area contributed by atoms with E-state index in [-0.39, 0.29) is 18.1 Å². The summed E-state index contributed by atoms with van der Waals surface area (Å²) in [7, 11) is 0. The second-order valence-electron chi connectivity index (χ2n) is 7.73. The van der Waals surface area contributed by atoms with E-state index < -0.39 is 5.97 Å². The van der Waals surface area contributed by atoms with Gasteiger partial charge in [-0.3, -0.25) is 4.79 Å². The molecule has 0 radical (unpaired) electrons. The molecule has 24 heavy (non-hydrogen) atoms. The fraction of sp³-hybridized carbons (Fsp3) is 0.900. The number of unbranched alkanes of at least 4 members (excludes halogenated alkanes) is 10. The zero-order chi connectivity index (χ0) is 18.3. The van der Waals surface area contributed by atoms with E-state index in [4.69, 9.17) is 9.84 Å². The summed E-state index contributed by atoms with van der Waals surface area (Å²) >= 11 is 0. The predicted octanol–water partition coefficient (Wildman–Crippen LogP) is 5.52. The van der Waals surface area contributed by atoms with Crippen LogP contribution in [-0.2, 0) is 14.3 Å². The van der Waals surface area contributed by atoms with Gasteiger partial charge in [-0.05, 0) is 33.6 Å². The number of carboxylic acid groups (broad SMARTS) is 1. The first-order chi connectivity index (χ1) is 11.3. The van der Waals surface area contributed by atoms with Gasteiger partial charge in [-0.25, -0.2) is 0 Å². The Hall–Kier alpha value is -0.900. The fourth-order valence-corrected chi connectivity index (χ4v) is 2.91. The van der Waals surface area contributed by atoms with Gasteiger partial charge in [0.15, 0.2) is 0 Å². The summed E-state index contributed by atoms with van der Waals surface area (Å²) in [6.45, 7) is 5.92. The molecule has 0 fully saturated rings. The Bertz CT molecular complexity index is 320. The zero-order valence-corrected chi connectivity index (χ0v) is 16.0. The molecule has 4 heteroatoms. The van der Waals surface area contributed by atoms with Gasteiger partial charge in [-0.15, -0.1) is 0 Å². The van der Waals surface area contributed by atoms with Crippen molar-refractivity contribution >= 4 is 12.3 Å². The summed E-state index contributed by atoms with van der Waals surface area (Å²) in [5.74, 6) is -0.780. The summed E-state index contributed by atoms with van der Waals surface area (Å²) in [6.07, 6.45) is 14.5. The Morgan fingerprint density at radius 2 is 1.38 bits per heavy atom. The van der Waals surface area contributed by atoms with Crippen LogP contribution >= 0.6 is 0 Å². The highest BCUT2D eigenvalue weighted by Gasteiger charge is 2.20. The van der Waals surface area contributed by atoms with E-state index in [1.807, 2.05) is 20.8 Å². The molecule has 1 unspecified atom stereocenters. The number of carbonyl (C=O) groups excluding carboxylic acids is 1. The monoisotopic (exact) mass is 342 g/mol. The molecule has 0 amide bonds. The minimum absolute atomic E-state index is 0.0986. The van der Waals surface area contributed by atoms with Gasteiger partial charge in [0.1, 0.15) is 6.29 Å². The standard InChI is InChI=1S/C20H38O4/c1-20(2,3)24-18(17-19(22)23)15-13-11-9-7-5-4-6-8-10-12-14-16-21/h16,18H,4-15,17H2,1-3H3,(H,22,23). The van der Waals surface area contributed by atoms with Crippen molar-refractivity contribution in [3.8, 4) is 0 Å². The van der Waals surface area contributed by atoms with Crippen molar-refractivity contribution < 1.29 is 19.4 Å². The van der Waals surface area contributed by atoms with Crippen LogP contribution < -0.4 is 0 Å². The number of carboxylic acids is 1. The molecule has 4 nitrogen and oxygen atoms in total. The molecule has 0 saturated carbocycles. The number of aliphatic carboxylic acids is 1. The van der Waals surface area contributed by atoms with Crippen LogP contribution in [0.3, 0.4) is 0 Å². The molecule has 0 aliphatic heterocycles. The topological polar surface area (TPSA) is 63.6 Å². The normalized spacial score (nSPS) is 13.0. The SMILES string of the molecule is CC(C)(C)OC(CCCCCCCCCCCCC=O)CC(=O)O. The van der Waals surface area contributed by atoms with Gasteiger partial charge >= 0.3 is 5.97 Å². The maximum Gasteiger partial charge on any atom is 0.305 e. The maximum absolute atomic E-state index is 10.9. The average molecular weight is 343 g/mol. The van der Waals surface area contributed by atoms with E-state index in [2.05, 4.69) is 0 Å². The van der Waals surface area contributed by atoms with Gasteiger partial charge in [-0.2, -0.15) is 0 Å². The molecule has 0 aromatic carbocycles. The second-order valence-corrected chi connectivity index (χ2v) is 7.73. The van der Waals surface area contributed by atoms with E-state index in [9.17, 15) is 9.59 Å². The highest BCUT2D eigenvalue weighted by molar-refractivity contribution is 5.67. The van der Waals surface area contributed by atoms with Gasteiger partial charge in [0, 0.05) is 6.42 Å². The van der Waals surface area contributed by atoms with E-state index in [1.54, 1.807) is 0 Å². The Labute approximate surface area is 148 Å². The number of hydrogen-bond acceptors (Lipinski definition) is 3. The molecule has 0 aromatic rings. The zero-order valence-electron chi connectivity index (χ0n) is 16.0. The molecular weight excluding hydrogens is 304 g/mol. The summed E-state index contributed by atoms with van der Waals surface area (Å²) in [5.41, 5.74) is -0.286. The third kappa shape index (κ3) is 17.5. The second kappa shape index (κ2) is 14.4. The van der Waals surface area contributed by atoms with E-state index in [0.717, 1.165) is 32.0 Å². The van der Waals surface area contributed by atoms with Crippen molar-refractivity contribution in [2.45, 2.75) is 116 Å². The molecule has 0 aliphatic rings. The minimum Gasteiger partial charge on any atom is -0.481 e. The van der Waals surface area contributed by atoms with E-state index in [1.165, 1.54) is 44.9 Å². The fourth-order valence-electron chi connectivity index (χ4n) is 2.91. The van der Waals surface area contributed by atoms with Gasteiger partial charge in [-0.1, -0.05) is 57.8 Å². The van der Waals surface area contributed by atoms with Crippen LogP contribution in [0.2, 0.25) is 0 Å². The summed E-state index contributed by atoms with van der Waals surface area (Å²) in [4.78, 5) is 21.1. The maximum atomic E-state index is 10.9. The molecule has 142 valence electrons. The van der Waals surface area contributed by atoms with Crippen LogP contribution in [0.4, 0.5) is 0 Å². The largest absolute Gasteiger partial charge is 0.481 e. The first-order valence-electron chi connectivity index (χ1n) is 9.68. The lowest BCUT2D eigenvalue weighted by atomic mass is 10.0. The molecule has 0 spiro atoms. The molecule has 1 N–H and O–H groups in total. The first kappa shape index (κ1) is 23.1. The van der Waals surface area contributed by atoms with Gasteiger partial charge in [0.2, 0.25) is 0 Å². The molecule has 0 saturated heterocycles. The highest BCUT2D eigenvalue weighted by Crippen LogP contribution is 2.19. The predicted molar refractivity (Wildman–Crippen MR) is 98.3 cm³/mol. The van der Waals surface area contributed by atoms with Gasteiger partial charge in [0.25, 0.3) is 0 Å². The van der Waals surface area contributed by atoms with Crippen LogP contribution in [-0.4, -0.2) is 29.1 Å². The highest BCUT2D eigenvalue weighted by atomic mass is 16.5. The number of aldehydes is 1. The Morgan fingerprint density at radius 3 is 1.79 bits per heavy atom. The lowest BCUT2D eigenvalue weighted by Gasteiger charge is -2.26. The summed E-state index contributed by atoms with van der Waals surface area (Å²) in [6, 6.07) is 0. The first-order valence-corrected chi connectivity index (χ1v) is 9.68. The Morgan fingerprint density at radius 1 is 0.917 bits per heavy atom. The van der Waals surface area contributed by atoms with Crippen LogP contribution in [0.15, 0.2) is 0 Å². The molecule has 0 bridgehead atoms. The van der Waals surface area contributed by atoms with E-state index in [0.29, 0.717) is 6.42 Å². The third-order valence-corrected chi connectivity index (χ3v) is 4.02. The lowest BCUT2D eigenvalue weighted by Crippen LogP contribution is -2.29. The van der Waals surface area contributed by atoms with Crippen molar-refractivity contribution in [1.82, 2.24) is 0 Å². The van der Waals surface area contributed by atoms with Crippen LogP contribution in [0.1, 0.15) is 104 Å². The molecule has 0 heterocycles. The van der Waals surface area contributed by atoms with Crippen molar-refractivity contribution in [2.75, 3.05) is 0 Å². The van der Waals surface area contributed by atoms with Crippen molar-refractivity contribution in [2.24, 2.45) is 0 Å². The van der Waals surface area contributed by atoms with Crippen molar-refractivity contribution in [3.05, 3.63) is 0 Å². The molecular formula is C20H38O4. The summed E-state index contributed by atoms with van der Waals surface area (Å²) < 4.78 is 5.85. The number of hydrogen-bond donors (Lipinski definition) is 1. The molecule has 0 rings (SSSR count). The van der Waals surface area contributed by atoms with Crippen LogP contribution in [0, 0.1) is 0 Å². The third-order valence-electron chi connectivity index (χ3n) is 4.02. The van der Waals surface area contributed by atoms with E-state index >= 15 is 0 Å². The molecule has 0 aromatic heterocycles. The quantitative estimate of drug-likeness (QED) is 0.296. The number of ether oxygens (including phenoxy) is 1. The summed E-state index contributed by atoms with van der Waals surface area (Å²) in [5, 5.41) is 8.97. The number of carbonyl (C=O) groups is 2. The number of rotatable bonds is 16. The van der Waals surface area contributed by atoms with Crippen molar-refractivity contribution in [3.63, 3.8) is 0 Å². The van der Waals surface area contributed by atoms with Crippen molar-refractivity contribution in [1.29, 1.82) is 0 Å². The Balaban J connectivity index is 3.54. The van der Waals surface area contributed by atoms with Crippen LogP contribution in [0.25, 0.3) is 0 Å². The average Bonchev–Trinajstić information content (AvgIpc) is 2.46. The molecule has 0 aliphatic carbocycles. The van der Waals surface area contributed by atoms with Gasteiger partial charge < -0.3 is 14.6 Å². The van der Waals surface area contributed by atoms with Crippen LogP contribution in [0.5, 0.6) is 0 Å². The Kier molecular flexibility index (Phi) is 13.9. The lowest BCUT2D eigenvalue weighted by molar-refractivity contribution is -0.143.